The number of alkyl halides is 2. The highest BCUT2D eigenvalue weighted by Gasteiger charge is 2.24. The number of hydrogen-bond acceptors (Lipinski definition) is 3. The molecule has 5 nitrogen and oxygen atoms in total. The molecule has 90 valence electrons. The van der Waals surface area contributed by atoms with Crippen molar-refractivity contribution in [3.8, 4) is 0 Å². The van der Waals surface area contributed by atoms with E-state index in [1.807, 2.05) is 0 Å². The van der Waals surface area contributed by atoms with Crippen molar-refractivity contribution in [3.63, 3.8) is 0 Å². The van der Waals surface area contributed by atoms with Gasteiger partial charge in [-0.25, -0.2) is 4.98 Å². The lowest BCUT2D eigenvalue weighted by atomic mass is 10.1. The van der Waals surface area contributed by atoms with Crippen LogP contribution in [-0.2, 0) is 11.3 Å². The number of carbonyl (C=O) groups excluding carboxylic acids is 1. The summed E-state index contributed by atoms with van der Waals surface area (Å²) in [5, 5.41) is 2.76. The van der Waals surface area contributed by atoms with E-state index in [0.717, 1.165) is 4.57 Å². The normalized spacial score (nSPS) is 12.1. The summed E-state index contributed by atoms with van der Waals surface area (Å²) in [5.74, 6) is -0.396. The average molecular weight is 232 g/mol. The molecule has 0 saturated carbocycles. The number of amides is 1. The van der Waals surface area contributed by atoms with Crippen molar-refractivity contribution in [1.29, 1.82) is 0 Å². The monoisotopic (exact) mass is 232 g/mol. The number of primary amides is 1. The van der Waals surface area contributed by atoms with E-state index >= 15 is 0 Å². The Balaban J connectivity index is 2.68. The molecular formula is C9H14F2N4O. The molecule has 16 heavy (non-hydrogen) atoms. The van der Waals surface area contributed by atoms with E-state index in [-0.39, 0.29) is 12.4 Å². The molecule has 0 atom stereocenters. The van der Waals surface area contributed by atoms with E-state index in [9.17, 15) is 13.6 Å². The van der Waals surface area contributed by atoms with Gasteiger partial charge in [0, 0.05) is 12.4 Å². The first kappa shape index (κ1) is 12.6. The number of imidazole rings is 1. The van der Waals surface area contributed by atoms with Gasteiger partial charge >= 0.3 is 6.55 Å². The zero-order valence-electron chi connectivity index (χ0n) is 9.08. The van der Waals surface area contributed by atoms with Crippen molar-refractivity contribution >= 4 is 5.91 Å². The highest BCUT2D eigenvalue weighted by molar-refractivity contribution is 5.83. The maximum absolute atomic E-state index is 12.4. The fraction of sp³-hybridized carbons (Fsp3) is 0.556. The number of halogens is 2. The van der Waals surface area contributed by atoms with Gasteiger partial charge in [0.2, 0.25) is 5.91 Å². The molecule has 1 aromatic heterocycles. The van der Waals surface area contributed by atoms with Crippen molar-refractivity contribution < 1.29 is 13.6 Å². The summed E-state index contributed by atoms with van der Waals surface area (Å²) in [6, 6.07) is 0. The molecule has 7 heteroatoms. The molecule has 0 fully saturated rings. The van der Waals surface area contributed by atoms with E-state index in [2.05, 4.69) is 10.3 Å². The van der Waals surface area contributed by atoms with E-state index in [4.69, 9.17) is 5.73 Å². The lowest BCUT2D eigenvalue weighted by Crippen LogP contribution is -2.50. The largest absolute Gasteiger partial charge is 0.368 e. The van der Waals surface area contributed by atoms with E-state index < -0.39 is 18.0 Å². The number of nitrogens with one attached hydrogen (secondary N) is 1. The Bertz CT molecular complexity index is 375. The maximum Gasteiger partial charge on any atom is 0.319 e. The van der Waals surface area contributed by atoms with Crippen LogP contribution in [0.3, 0.4) is 0 Å². The Morgan fingerprint density at radius 1 is 1.69 bits per heavy atom. The van der Waals surface area contributed by atoms with Gasteiger partial charge in [0.1, 0.15) is 5.82 Å². The van der Waals surface area contributed by atoms with Crippen molar-refractivity contribution in [2.45, 2.75) is 32.5 Å². The van der Waals surface area contributed by atoms with Crippen molar-refractivity contribution in [3.05, 3.63) is 18.2 Å². The molecule has 1 rings (SSSR count). The summed E-state index contributed by atoms with van der Waals surface area (Å²) in [7, 11) is 0. The van der Waals surface area contributed by atoms with E-state index in [0.29, 0.717) is 0 Å². The zero-order chi connectivity index (χ0) is 12.3. The topological polar surface area (TPSA) is 72.9 Å². The molecule has 0 aliphatic carbocycles. The van der Waals surface area contributed by atoms with Gasteiger partial charge in [-0.15, -0.1) is 0 Å². The maximum atomic E-state index is 12.4. The summed E-state index contributed by atoms with van der Waals surface area (Å²) in [5.41, 5.74) is 4.17. The first-order valence-electron chi connectivity index (χ1n) is 4.69. The lowest BCUT2D eigenvalue weighted by Gasteiger charge is -2.22. The minimum Gasteiger partial charge on any atom is -0.368 e. The summed E-state index contributed by atoms with van der Waals surface area (Å²) in [4.78, 5) is 14.8. The van der Waals surface area contributed by atoms with E-state index in [1.54, 1.807) is 13.8 Å². The third kappa shape index (κ3) is 2.75. The fourth-order valence-electron chi connectivity index (χ4n) is 1.05. The van der Waals surface area contributed by atoms with Crippen molar-refractivity contribution in [1.82, 2.24) is 14.9 Å². The SMILES string of the molecule is CC(C)(NCc1nccn1C(F)F)C(N)=O. The predicted molar refractivity (Wildman–Crippen MR) is 53.6 cm³/mol. The molecule has 1 aromatic rings. The highest BCUT2D eigenvalue weighted by atomic mass is 19.3. The van der Waals surface area contributed by atoms with Gasteiger partial charge in [-0.05, 0) is 13.8 Å². The van der Waals surface area contributed by atoms with Gasteiger partial charge in [-0.2, -0.15) is 8.78 Å². The van der Waals surface area contributed by atoms with Gasteiger partial charge in [-0.1, -0.05) is 0 Å². The molecule has 0 spiro atoms. The summed E-state index contributed by atoms with van der Waals surface area (Å²) >= 11 is 0. The van der Waals surface area contributed by atoms with Crippen LogP contribution in [0.2, 0.25) is 0 Å². The molecular weight excluding hydrogens is 218 g/mol. The third-order valence-corrected chi connectivity index (χ3v) is 2.26. The summed E-state index contributed by atoms with van der Waals surface area (Å²) < 4.78 is 25.6. The molecule has 0 saturated heterocycles. The Labute approximate surface area is 91.6 Å². The van der Waals surface area contributed by atoms with Crippen LogP contribution < -0.4 is 11.1 Å². The van der Waals surface area contributed by atoms with Crippen LogP contribution in [0.15, 0.2) is 12.4 Å². The Morgan fingerprint density at radius 2 is 2.31 bits per heavy atom. The lowest BCUT2D eigenvalue weighted by molar-refractivity contribution is -0.123. The first-order chi connectivity index (χ1) is 7.34. The van der Waals surface area contributed by atoms with Crippen LogP contribution in [0.1, 0.15) is 26.2 Å². The molecule has 0 radical (unpaired) electrons. The molecule has 0 bridgehead atoms. The third-order valence-electron chi connectivity index (χ3n) is 2.26. The van der Waals surface area contributed by atoms with Gasteiger partial charge in [0.05, 0.1) is 12.1 Å². The number of hydrogen-bond donors (Lipinski definition) is 2. The van der Waals surface area contributed by atoms with Gasteiger partial charge in [0.25, 0.3) is 0 Å². The van der Waals surface area contributed by atoms with Crippen molar-refractivity contribution in [2.75, 3.05) is 0 Å². The van der Waals surface area contributed by atoms with Crippen LogP contribution >= 0.6 is 0 Å². The minimum atomic E-state index is -2.64. The van der Waals surface area contributed by atoms with Gasteiger partial charge in [-0.3, -0.25) is 14.7 Å². The zero-order valence-corrected chi connectivity index (χ0v) is 9.08. The second-order valence-electron chi connectivity index (χ2n) is 3.87. The molecule has 0 unspecified atom stereocenters. The molecule has 0 aliphatic heterocycles. The van der Waals surface area contributed by atoms with Gasteiger partial charge in [0.15, 0.2) is 0 Å². The van der Waals surface area contributed by atoms with E-state index in [1.165, 1.54) is 12.4 Å². The Kier molecular flexibility index (Phi) is 3.58. The smallest absolute Gasteiger partial charge is 0.319 e. The number of nitrogens with zero attached hydrogens (tertiary/aromatic N) is 2. The van der Waals surface area contributed by atoms with Crippen LogP contribution in [0, 0.1) is 0 Å². The molecule has 1 heterocycles. The molecule has 0 aliphatic rings. The number of carbonyl (C=O) groups is 1. The summed E-state index contributed by atoms with van der Waals surface area (Å²) in [6.07, 6.45) is 2.46. The quantitative estimate of drug-likeness (QED) is 0.782. The Morgan fingerprint density at radius 3 is 2.81 bits per heavy atom. The van der Waals surface area contributed by atoms with Crippen LogP contribution in [0.25, 0.3) is 0 Å². The number of aromatic nitrogens is 2. The summed E-state index contributed by atoms with van der Waals surface area (Å²) in [6.45, 7) is 0.555. The Hall–Kier alpha value is -1.50. The molecule has 3 N–H and O–H groups in total. The van der Waals surface area contributed by atoms with Crippen LogP contribution in [0.5, 0.6) is 0 Å². The van der Waals surface area contributed by atoms with Crippen LogP contribution in [0.4, 0.5) is 8.78 Å². The minimum absolute atomic E-state index is 0.0489. The molecule has 1 amide bonds. The standard InChI is InChI=1S/C9H14F2N4O/c1-9(2,7(12)16)14-5-6-13-3-4-15(6)8(10)11/h3-4,8,14H,5H2,1-2H3,(H2,12,16). The van der Waals surface area contributed by atoms with Crippen molar-refractivity contribution in [2.24, 2.45) is 5.73 Å². The fourth-order valence-corrected chi connectivity index (χ4v) is 1.05. The highest BCUT2D eigenvalue weighted by Crippen LogP contribution is 2.13. The van der Waals surface area contributed by atoms with Gasteiger partial charge < -0.3 is 5.73 Å². The average Bonchev–Trinajstić information content (AvgIpc) is 2.62. The predicted octanol–water partition coefficient (Wildman–Crippen LogP) is 0.632. The number of rotatable bonds is 5. The molecule has 0 aromatic carbocycles. The van der Waals surface area contributed by atoms with Crippen LogP contribution in [-0.4, -0.2) is 21.0 Å². The first-order valence-corrected chi connectivity index (χ1v) is 4.69. The second kappa shape index (κ2) is 4.56. The number of nitrogens with two attached hydrogens (primary N) is 1. The second-order valence-corrected chi connectivity index (χ2v) is 3.87.